The maximum absolute atomic E-state index is 14.4. The molecule has 2 fully saturated rings. The zero-order valence-electron chi connectivity index (χ0n) is 19.5. The molecule has 0 aliphatic carbocycles. The van der Waals surface area contributed by atoms with Gasteiger partial charge in [0.1, 0.15) is 47.2 Å². The van der Waals surface area contributed by atoms with E-state index in [4.69, 9.17) is 28.8 Å². The largest absolute Gasteiger partial charge is 0.497 e. The molecule has 0 spiro atoms. The molecule has 0 saturated carbocycles. The maximum Gasteiger partial charge on any atom is 0.475 e. The number of methoxy groups -OCH3 is 1. The molecule has 194 valence electrons. The monoisotopic (exact) mass is 524 g/mol. The van der Waals surface area contributed by atoms with Crippen LogP contribution in [0, 0.1) is 5.82 Å². The number of fused-ring (bicyclic) bond motifs is 1. The molecule has 2 aliphatic heterocycles. The highest BCUT2D eigenvalue weighted by atomic mass is 31.2. The molecule has 6 atom stereocenters. The van der Waals surface area contributed by atoms with Gasteiger partial charge in [0.25, 0.3) is 0 Å². The Morgan fingerprint density at radius 3 is 2.94 bits per heavy atom. The number of nitrogens with two attached hydrogens (primary N) is 1. The van der Waals surface area contributed by atoms with Gasteiger partial charge in [0.2, 0.25) is 0 Å². The van der Waals surface area contributed by atoms with Crippen LogP contribution in [0.2, 0.25) is 0 Å². The number of aromatic nitrogens is 3. The van der Waals surface area contributed by atoms with E-state index in [9.17, 15) is 19.2 Å². The highest BCUT2D eigenvalue weighted by Gasteiger charge is 2.54. The van der Waals surface area contributed by atoms with Gasteiger partial charge in [-0.3, -0.25) is 13.6 Å². The summed E-state index contributed by atoms with van der Waals surface area (Å²) in [6.07, 6.45) is -1.38. The van der Waals surface area contributed by atoms with E-state index in [1.807, 2.05) is 0 Å². The fourth-order valence-corrected chi connectivity index (χ4v) is 5.79. The zero-order chi connectivity index (χ0) is 25.7. The van der Waals surface area contributed by atoms with Crippen molar-refractivity contribution in [3.63, 3.8) is 0 Å². The number of hydrogen-bond donors (Lipinski definition) is 3. The minimum absolute atomic E-state index is 0.0104. The number of halogens is 1. The Bertz CT molecular complexity index is 1320. The number of ether oxygens (including phenoxy) is 2. The lowest BCUT2D eigenvalue weighted by atomic mass is 9.96. The SMILES string of the molecule is COc1ccc(F)c([C@@H]2CCO[P@](=O)(OC[C@H]3O[C@@H](n4ccc5c(N)ncnc54)[C@](C)(O)[C@@H]3O)O2)c1. The van der Waals surface area contributed by atoms with Crippen LogP contribution in [-0.4, -0.2) is 62.9 Å². The Balaban J connectivity index is 1.31. The molecular formula is C22H26FN4O8P. The minimum atomic E-state index is -4.15. The van der Waals surface area contributed by atoms with E-state index in [0.717, 1.165) is 0 Å². The van der Waals surface area contributed by atoms with Crippen molar-refractivity contribution in [2.45, 2.75) is 43.5 Å². The van der Waals surface area contributed by atoms with Crippen molar-refractivity contribution in [3.05, 3.63) is 48.2 Å². The number of aliphatic hydroxyl groups is 2. The van der Waals surface area contributed by atoms with Crippen LogP contribution < -0.4 is 10.5 Å². The van der Waals surface area contributed by atoms with Crippen molar-refractivity contribution in [3.8, 4) is 5.75 Å². The molecule has 3 aromatic rings. The second kappa shape index (κ2) is 9.34. The summed E-state index contributed by atoms with van der Waals surface area (Å²) in [6.45, 7) is 0.953. The van der Waals surface area contributed by atoms with Crippen molar-refractivity contribution in [1.29, 1.82) is 0 Å². The summed E-state index contributed by atoms with van der Waals surface area (Å²) >= 11 is 0. The number of anilines is 1. The second-order valence-electron chi connectivity index (χ2n) is 8.76. The van der Waals surface area contributed by atoms with Crippen LogP contribution in [0.15, 0.2) is 36.8 Å². The van der Waals surface area contributed by atoms with E-state index < -0.39 is 50.4 Å². The topological polar surface area (TPSA) is 160 Å². The van der Waals surface area contributed by atoms with Gasteiger partial charge in [-0.1, -0.05) is 0 Å². The van der Waals surface area contributed by atoms with Crippen molar-refractivity contribution in [2.24, 2.45) is 0 Å². The fraction of sp³-hybridized carbons (Fsp3) is 0.455. The number of benzene rings is 1. The highest BCUT2D eigenvalue weighted by Crippen LogP contribution is 2.57. The van der Waals surface area contributed by atoms with Crippen LogP contribution in [0.25, 0.3) is 11.0 Å². The summed E-state index contributed by atoms with van der Waals surface area (Å²) in [5, 5.41) is 22.4. The molecule has 5 rings (SSSR count). The number of aliphatic hydroxyl groups excluding tert-OH is 1. The molecule has 2 aliphatic rings. The smallest absolute Gasteiger partial charge is 0.475 e. The van der Waals surface area contributed by atoms with Gasteiger partial charge in [0.05, 0.1) is 31.8 Å². The summed E-state index contributed by atoms with van der Waals surface area (Å²) in [5.41, 5.74) is 4.67. The molecule has 2 saturated heterocycles. The second-order valence-corrected chi connectivity index (χ2v) is 10.4. The number of rotatable bonds is 6. The van der Waals surface area contributed by atoms with E-state index in [1.165, 1.54) is 43.1 Å². The third-order valence-electron chi connectivity index (χ3n) is 6.38. The summed E-state index contributed by atoms with van der Waals surface area (Å²) in [7, 11) is -2.70. The lowest BCUT2D eigenvalue weighted by Gasteiger charge is -2.30. The number of phosphoric acid groups is 1. The predicted molar refractivity (Wildman–Crippen MR) is 123 cm³/mol. The van der Waals surface area contributed by atoms with Gasteiger partial charge in [-0.15, -0.1) is 0 Å². The normalized spacial score (nSPS) is 32.7. The molecule has 14 heteroatoms. The summed E-state index contributed by atoms with van der Waals surface area (Å²) in [4.78, 5) is 8.13. The van der Waals surface area contributed by atoms with E-state index in [2.05, 4.69) is 9.97 Å². The van der Waals surface area contributed by atoms with Gasteiger partial charge in [-0.05, 0) is 31.2 Å². The maximum atomic E-state index is 14.4. The first-order valence-electron chi connectivity index (χ1n) is 11.2. The first-order chi connectivity index (χ1) is 17.1. The average molecular weight is 524 g/mol. The quantitative estimate of drug-likeness (QED) is 0.406. The molecule has 2 aromatic heterocycles. The molecule has 4 heterocycles. The molecule has 0 bridgehead atoms. The Kier molecular flexibility index (Phi) is 6.50. The third-order valence-corrected chi connectivity index (χ3v) is 7.86. The Morgan fingerprint density at radius 2 is 2.17 bits per heavy atom. The molecule has 36 heavy (non-hydrogen) atoms. The molecule has 0 unspecified atom stereocenters. The van der Waals surface area contributed by atoms with Gasteiger partial charge in [-0.2, -0.15) is 0 Å². The van der Waals surface area contributed by atoms with Crippen LogP contribution in [0.1, 0.15) is 31.2 Å². The standard InChI is InChI=1S/C22H26FN4O8P/c1-22(29)18(28)17(34-21(22)27-7-5-13-19(24)25-11-26-20(13)27)10-33-36(30)32-8-6-16(35-36)14-9-12(31-2)3-4-15(14)23/h3-5,7,9,11,16-18,21,28-29H,6,8,10H2,1-2H3,(H2,24,25,26)/t16-,17+,18+,21+,22+,36+/m0/s1. The molecule has 12 nitrogen and oxygen atoms in total. The predicted octanol–water partition coefficient (Wildman–Crippen LogP) is 2.47. The Labute approximate surface area is 205 Å². The summed E-state index contributed by atoms with van der Waals surface area (Å²) < 4.78 is 56.4. The van der Waals surface area contributed by atoms with Crippen molar-refractivity contribution >= 4 is 24.7 Å². The van der Waals surface area contributed by atoms with E-state index in [1.54, 1.807) is 12.3 Å². The molecule has 0 radical (unpaired) electrons. The number of nitrogen functional groups attached to an aromatic ring is 1. The van der Waals surface area contributed by atoms with Crippen molar-refractivity contribution < 1.29 is 42.2 Å². The van der Waals surface area contributed by atoms with Gasteiger partial charge < -0.3 is 30.0 Å². The van der Waals surface area contributed by atoms with E-state index >= 15 is 0 Å². The fourth-order valence-electron chi connectivity index (χ4n) is 4.41. The first kappa shape index (κ1) is 25.0. The number of nitrogens with zero attached hydrogens (tertiary/aromatic N) is 3. The van der Waals surface area contributed by atoms with E-state index in [-0.39, 0.29) is 24.4 Å². The Morgan fingerprint density at radius 1 is 1.36 bits per heavy atom. The molecular weight excluding hydrogens is 498 g/mol. The lowest BCUT2D eigenvalue weighted by molar-refractivity contribution is -0.0951. The van der Waals surface area contributed by atoms with Crippen LogP contribution in [0.4, 0.5) is 10.2 Å². The lowest BCUT2D eigenvalue weighted by Crippen LogP contribution is -2.44. The van der Waals surface area contributed by atoms with Gasteiger partial charge in [0, 0.05) is 18.2 Å². The van der Waals surface area contributed by atoms with Gasteiger partial charge in [0.15, 0.2) is 6.23 Å². The highest BCUT2D eigenvalue weighted by molar-refractivity contribution is 7.48. The molecule has 1 aromatic carbocycles. The van der Waals surface area contributed by atoms with Crippen LogP contribution in [-0.2, 0) is 22.9 Å². The Hall–Kier alpha value is -2.64. The van der Waals surface area contributed by atoms with Gasteiger partial charge >= 0.3 is 7.82 Å². The van der Waals surface area contributed by atoms with Crippen LogP contribution in [0.5, 0.6) is 5.75 Å². The summed E-state index contributed by atoms with van der Waals surface area (Å²) in [6, 6.07) is 5.82. The number of phosphoric ester groups is 1. The van der Waals surface area contributed by atoms with Crippen LogP contribution >= 0.6 is 7.82 Å². The average Bonchev–Trinajstić information content (AvgIpc) is 3.37. The number of hydrogen-bond acceptors (Lipinski definition) is 11. The van der Waals surface area contributed by atoms with Crippen LogP contribution in [0.3, 0.4) is 0 Å². The van der Waals surface area contributed by atoms with Gasteiger partial charge in [-0.25, -0.2) is 18.9 Å². The van der Waals surface area contributed by atoms with Crippen molar-refractivity contribution in [1.82, 2.24) is 14.5 Å². The summed E-state index contributed by atoms with van der Waals surface area (Å²) in [5.74, 6) is 0.118. The zero-order valence-corrected chi connectivity index (χ0v) is 20.4. The minimum Gasteiger partial charge on any atom is -0.497 e. The first-order valence-corrected chi connectivity index (χ1v) is 12.6. The van der Waals surface area contributed by atoms with E-state index in [0.29, 0.717) is 16.8 Å². The third kappa shape index (κ3) is 4.37. The molecule has 0 amide bonds. The molecule has 4 N–H and O–H groups in total. The van der Waals surface area contributed by atoms with Crippen molar-refractivity contribution in [2.75, 3.05) is 26.1 Å².